The molecule has 125 heavy (non-hydrogen) atoms. The number of aryl methyl sites for hydroxylation is 2. The number of rotatable bonds is 37. The minimum absolute atomic E-state index is 0.0582. The maximum atomic E-state index is 14.3. The lowest BCUT2D eigenvalue weighted by Gasteiger charge is -2.36. The van der Waals surface area contributed by atoms with Crippen LogP contribution in [0.15, 0.2) is 212 Å². The average molecular weight is 1770 g/mol. The van der Waals surface area contributed by atoms with Crippen LogP contribution in [0.1, 0.15) is 190 Å². The number of carboxylic acid groups (broad SMARTS) is 4. The number of hydrogen-bond acceptors (Lipinski definition) is 11. The van der Waals surface area contributed by atoms with Crippen LogP contribution >= 0.6 is 23.2 Å². The van der Waals surface area contributed by atoms with Crippen LogP contribution in [0.5, 0.6) is 11.5 Å². The van der Waals surface area contributed by atoms with Crippen molar-refractivity contribution in [2.45, 2.75) is 167 Å². The van der Waals surface area contributed by atoms with Crippen molar-refractivity contribution in [1.82, 2.24) is 14.8 Å². The molecule has 2 unspecified atom stereocenters. The van der Waals surface area contributed by atoms with Crippen LogP contribution in [-0.4, -0.2) is 103 Å². The number of Topliss-reactive ketones (excluding diaryl/α,β-unsaturated/α-hetero) is 1. The van der Waals surface area contributed by atoms with Crippen LogP contribution in [0.25, 0.3) is 22.3 Å². The zero-order valence-electron chi connectivity index (χ0n) is 68.9. The fourth-order valence-electron chi connectivity index (χ4n) is 15.0. The van der Waals surface area contributed by atoms with Gasteiger partial charge in [0.05, 0.1) is 45.7 Å². The summed E-state index contributed by atoms with van der Waals surface area (Å²) in [5.41, 5.74) is 9.65. The molecule has 16 nitrogen and oxygen atoms in total. The first-order chi connectivity index (χ1) is 59.4. The van der Waals surface area contributed by atoms with Crippen molar-refractivity contribution in [1.29, 1.82) is 0 Å². The van der Waals surface area contributed by atoms with E-state index in [4.69, 9.17) is 37.8 Å². The van der Waals surface area contributed by atoms with Crippen molar-refractivity contribution >= 4 is 64.5 Å². The number of aromatic nitrogens is 1. The predicted octanol–water partition coefficient (Wildman–Crippen LogP) is 24.0. The van der Waals surface area contributed by atoms with Gasteiger partial charge >= 0.3 is 42.4 Å². The van der Waals surface area contributed by atoms with Crippen molar-refractivity contribution in [2.24, 2.45) is 11.8 Å². The predicted molar refractivity (Wildman–Crippen MR) is 458 cm³/mol. The number of nitrogens with zero attached hydrogens (tertiary/aromatic N) is 3. The number of halogens is 12. The number of ether oxygens (including phenoxy) is 2. The molecule has 10 aromatic rings. The average Bonchev–Trinajstić information content (AvgIpc) is 1.79. The monoisotopic (exact) mass is 1770 g/mol. The quantitative estimate of drug-likeness (QED) is 0.0180. The summed E-state index contributed by atoms with van der Waals surface area (Å²) in [6.07, 6.45) is -4.40. The van der Waals surface area contributed by atoms with E-state index in [-0.39, 0.29) is 77.2 Å². The van der Waals surface area contributed by atoms with Gasteiger partial charge in [-0.2, -0.15) is 39.5 Å². The summed E-state index contributed by atoms with van der Waals surface area (Å²) in [4.78, 5) is 78.6. The zero-order valence-corrected chi connectivity index (χ0v) is 70.4. The highest BCUT2D eigenvalue weighted by atomic mass is 35.5. The Morgan fingerprint density at radius 2 is 1.13 bits per heavy atom. The Labute approximate surface area is 728 Å². The first kappa shape index (κ1) is 95.8. The van der Waals surface area contributed by atoms with Gasteiger partial charge in [0, 0.05) is 54.8 Å². The number of aliphatic carboxylic acids is 2. The molecule has 1 saturated carbocycles. The van der Waals surface area contributed by atoms with Crippen molar-refractivity contribution in [3.8, 4) is 33.8 Å². The van der Waals surface area contributed by atoms with Gasteiger partial charge in [-0.25, -0.2) is 19.0 Å². The summed E-state index contributed by atoms with van der Waals surface area (Å²) >= 11 is 12.8. The molecule has 2 aliphatic carbocycles. The Kier molecular flexibility index (Phi) is 34.0. The molecule has 0 aliphatic heterocycles. The number of amides is 1. The van der Waals surface area contributed by atoms with Gasteiger partial charge in [0.15, 0.2) is 0 Å². The van der Waals surface area contributed by atoms with E-state index in [9.17, 15) is 88.0 Å². The summed E-state index contributed by atoms with van der Waals surface area (Å²) in [6, 6.07) is 56.1. The van der Waals surface area contributed by atoms with E-state index >= 15 is 0 Å². The number of benzene rings is 9. The van der Waals surface area contributed by atoms with Crippen LogP contribution in [0, 0.1) is 24.6 Å². The van der Waals surface area contributed by atoms with Gasteiger partial charge in [0.25, 0.3) is 0 Å². The molecular weight excluding hydrogens is 1670 g/mol. The third kappa shape index (κ3) is 28.8. The summed E-state index contributed by atoms with van der Waals surface area (Å²) in [6.45, 7) is 7.97. The molecule has 1 heterocycles. The van der Waals surface area contributed by atoms with Crippen molar-refractivity contribution in [3.63, 3.8) is 0 Å². The standard InChI is InChI=1S/C38H38ClF3N2O4.C35H33F4NO5.C24H25ClF3NO3/c1-25(45)7-4-5-21-44(35-10-6-9-33-31(35)18-19-34(43-33)37(46)47)22-20-27-8-2-3-11-36(27)48-24-29-13-12-28(23-32(29)39)26-14-16-30(17-15-26)38(40,41)42;36-31-16-17-32(45-23-25-6-8-26(9-7-25)27-12-14-30(15-13-27)35(37,38)39)29(21-31)18-20-40(19-2-1-3-33(41)42)22-24-4-10-28(11-5-24)34(43)44;1-13-3-5-16(6-4-13)22(14(2)24(26,27)28)23(32)29-20-11-17(9-10-19(20)25)18(12-21(30)31)15-7-8-15/h2-3,8,11-19,23,35H,4-7,9-10,20-22,24H2,1H3,(H,46,47);4-17,21H,1-3,18-20,22-23H2,(H,41,42)(H,43,44);3-6,9-11,14-15,18,22H,7-8,12H2,1-2H3,(H,29,32)(H,30,31)/t;;14-,18?,22+/m..1/s1. The first-order valence-electron chi connectivity index (χ1n) is 41.0. The molecule has 0 saturated heterocycles. The second-order valence-corrected chi connectivity index (χ2v) is 32.2. The van der Waals surface area contributed by atoms with Crippen LogP contribution in [-0.2, 0) is 70.6 Å². The molecule has 2 aliphatic rings. The number of aromatic carboxylic acids is 2. The summed E-state index contributed by atoms with van der Waals surface area (Å²) in [5, 5.41) is 40.1. The first-order valence-corrected chi connectivity index (χ1v) is 41.7. The number of ketones is 1. The highest BCUT2D eigenvalue weighted by Gasteiger charge is 2.45. The second kappa shape index (κ2) is 44.4. The maximum absolute atomic E-state index is 14.3. The maximum Gasteiger partial charge on any atom is 0.416 e. The van der Waals surface area contributed by atoms with E-state index in [2.05, 4.69) is 20.1 Å². The Morgan fingerprint density at radius 3 is 1.73 bits per heavy atom. The zero-order chi connectivity index (χ0) is 90.3. The number of pyridine rings is 1. The number of nitrogens with one attached hydrogen (secondary N) is 1. The molecule has 1 fully saturated rings. The SMILES string of the molecule is CC(=O)CCCCN(CCc1ccccc1OCc1ccc(-c2ccc(C(F)(F)F)cc2)cc1Cl)C1CCCc2nc(C(=O)O)ccc21.Cc1ccc([C@@H](C(=O)Nc2cc(C(CC(=O)O)C3CC3)ccc2Cl)[C@@H](C)C(F)(F)F)cc1.O=C(O)CCCCN(CCc1cc(F)ccc1OCc1ccc(-c2ccc(C(F)(F)F)cc2)cc1)Cc1ccc(C(=O)O)cc1. The number of carbonyl (C=O) groups is 6. The van der Waals surface area contributed by atoms with Crippen molar-refractivity contribution in [2.75, 3.05) is 31.5 Å². The molecule has 28 heteroatoms. The van der Waals surface area contributed by atoms with Crippen LogP contribution < -0.4 is 14.8 Å². The van der Waals surface area contributed by atoms with E-state index in [1.54, 1.807) is 73.7 Å². The van der Waals surface area contributed by atoms with E-state index in [0.29, 0.717) is 90.3 Å². The Hall–Kier alpha value is -11.5. The number of para-hydroxylation sites is 1. The molecule has 0 spiro atoms. The van der Waals surface area contributed by atoms with Gasteiger partial charge in [0.1, 0.15) is 42.0 Å². The lowest BCUT2D eigenvalue weighted by atomic mass is 9.85. The van der Waals surface area contributed by atoms with Gasteiger partial charge in [0.2, 0.25) is 5.91 Å². The fourth-order valence-corrected chi connectivity index (χ4v) is 15.4. The number of unbranched alkanes of at least 4 members (excludes halogenated alkanes) is 2. The lowest BCUT2D eigenvalue weighted by Crippen LogP contribution is -2.34. The molecule has 4 atom stereocenters. The number of anilines is 1. The summed E-state index contributed by atoms with van der Waals surface area (Å²) in [7, 11) is 0. The molecular formula is C97H96Cl2F10N4O12. The van der Waals surface area contributed by atoms with E-state index < -0.39 is 77.1 Å². The van der Waals surface area contributed by atoms with Crippen LogP contribution in [0.2, 0.25) is 10.0 Å². The second-order valence-electron chi connectivity index (χ2n) is 31.3. The molecule has 660 valence electrons. The van der Waals surface area contributed by atoms with E-state index in [1.807, 2.05) is 61.5 Å². The van der Waals surface area contributed by atoms with E-state index in [0.717, 1.165) is 140 Å². The van der Waals surface area contributed by atoms with Gasteiger partial charge < -0.3 is 40.0 Å². The Morgan fingerprint density at radius 1 is 0.544 bits per heavy atom. The largest absolute Gasteiger partial charge is 0.489 e. The number of carbonyl (C=O) groups excluding carboxylic acids is 2. The Balaban J connectivity index is 0.000000200. The van der Waals surface area contributed by atoms with Gasteiger partial charge in [-0.15, -0.1) is 0 Å². The molecule has 12 rings (SSSR count). The summed E-state index contributed by atoms with van der Waals surface area (Å²) in [5.74, 6) is -7.02. The minimum atomic E-state index is -4.57. The van der Waals surface area contributed by atoms with Crippen LogP contribution in [0.4, 0.5) is 49.6 Å². The fraction of sp³-hybridized carbons (Fsp3) is 0.330. The Bertz CT molecular complexity index is 5330. The van der Waals surface area contributed by atoms with E-state index in [1.165, 1.54) is 66.7 Å². The molecule has 0 radical (unpaired) electrons. The minimum Gasteiger partial charge on any atom is -0.489 e. The number of alkyl halides is 9. The molecule has 9 aromatic carbocycles. The topological polar surface area (TPSA) is 233 Å². The lowest BCUT2D eigenvalue weighted by molar-refractivity contribution is -0.178. The molecule has 5 N–H and O–H groups in total. The third-order valence-corrected chi connectivity index (χ3v) is 22.8. The number of fused-ring (bicyclic) bond motifs is 1. The smallest absolute Gasteiger partial charge is 0.416 e. The normalized spacial score (nSPS) is 14.0. The van der Waals surface area contributed by atoms with Crippen molar-refractivity contribution < 1.29 is 103 Å². The molecule has 1 amide bonds. The number of carboxylic acids is 4. The molecule has 1 aromatic heterocycles. The highest BCUT2D eigenvalue weighted by molar-refractivity contribution is 6.33. The summed E-state index contributed by atoms with van der Waals surface area (Å²) < 4.78 is 145. The number of hydrogen-bond donors (Lipinski definition) is 5. The van der Waals surface area contributed by atoms with Crippen molar-refractivity contribution in [3.05, 3.63) is 306 Å². The van der Waals surface area contributed by atoms with Crippen LogP contribution in [0.3, 0.4) is 0 Å². The van der Waals surface area contributed by atoms with Gasteiger partial charge in [-0.05, 0) is 256 Å². The van der Waals surface area contributed by atoms with Gasteiger partial charge in [-0.3, -0.25) is 24.2 Å². The molecule has 0 bridgehead atoms. The highest BCUT2D eigenvalue weighted by Crippen LogP contribution is 2.47. The van der Waals surface area contributed by atoms with Gasteiger partial charge in [-0.1, -0.05) is 163 Å². The third-order valence-electron chi connectivity index (χ3n) is 22.1.